The maximum absolute atomic E-state index is 13.9. The molecule has 180 valence electrons. The van der Waals surface area contributed by atoms with Crippen molar-refractivity contribution in [3.05, 3.63) is 35.9 Å². The van der Waals surface area contributed by atoms with Crippen LogP contribution in [0, 0.1) is 11.8 Å². The number of alkyl halides is 1. The number of benzene rings is 1. The Balaban J connectivity index is 1.73. The summed E-state index contributed by atoms with van der Waals surface area (Å²) in [5, 5.41) is 16.0. The van der Waals surface area contributed by atoms with Crippen molar-refractivity contribution in [2.24, 2.45) is 11.8 Å². The van der Waals surface area contributed by atoms with Gasteiger partial charge in [0.25, 0.3) is 0 Å². The molecule has 3 aliphatic rings. The minimum absolute atomic E-state index is 0.142. The van der Waals surface area contributed by atoms with Gasteiger partial charge in [0.2, 0.25) is 17.7 Å². The van der Waals surface area contributed by atoms with E-state index in [9.17, 15) is 19.5 Å². The zero-order valence-electron chi connectivity index (χ0n) is 19.0. The van der Waals surface area contributed by atoms with E-state index in [-0.39, 0.29) is 29.2 Å². The average molecular weight is 522 g/mol. The number of hydrogen-bond donors (Lipinski definition) is 3. The van der Waals surface area contributed by atoms with Gasteiger partial charge in [0.15, 0.2) is 0 Å². The molecule has 2 bridgehead atoms. The molecule has 8 nitrogen and oxygen atoms in total. The summed E-state index contributed by atoms with van der Waals surface area (Å²) in [5.74, 6) is -2.30. The quantitative estimate of drug-likeness (QED) is 0.332. The molecular formula is C24H32BrN3O5. The Morgan fingerprint density at radius 2 is 2.03 bits per heavy atom. The highest BCUT2D eigenvalue weighted by Gasteiger charge is 2.76. The first kappa shape index (κ1) is 24.2. The van der Waals surface area contributed by atoms with E-state index in [0.29, 0.717) is 19.4 Å². The molecule has 33 heavy (non-hydrogen) atoms. The molecular weight excluding hydrogens is 490 g/mol. The first-order chi connectivity index (χ1) is 15.9. The summed E-state index contributed by atoms with van der Waals surface area (Å²) in [6.45, 7) is 2.24. The summed E-state index contributed by atoms with van der Waals surface area (Å²) in [4.78, 5) is 41.6. The Hall–Kier alpha value is -1.97. The number of aliphatic hydroxyl groups is 1. The molecule has 1 aromatic carbocycles. The van der Waals surface area contributed by atoms with Crippen LogP contribution in [0.2, 0.25) is 0 Å². The summed E-state index contributed by atoms with van der Waals surface area (Å²) in [6, 6.07) is 8.06. The predicted octanol–water partition coefficient (Wildman–Crippen LogP) is 1.00. The molecule has 1 aromatic rings. The Kier molecular flexibility index (Phi) is 7.12. The van der Waals surface area contributed by atoms with Crippen molar-refractivity contribution < 1.29 is 24.2 Å². The fourth-order valence-corrected chi connectivity index (χ4v) is 6.79. The molecule has 3 N–H and O–H groups in total. The Morgan fingerprint density at radius 3 is 2.67 bits per heavy atom. The molecule has 3 unspecified atom stereocenters. The van der Waals surface area contributed by atoms with Crippen LogP contribution in [0.4, 0.5) is 0 Å². The summed E-state index contributed by atoms with van der Waals surface area (Å²) >= 11 is 3.64. The summed E-state index contributed by atoms with van der Waals surface area (Å²) in [7, 11) is 1.54. The van der Waals surface area contributed by atoms with Crippen LogP contribution < -0.4 is 10.6 Å². The molecule has 3 heterocycles. The first-order valence-corrected chi connectivity index (χ1v) is 12.6. The van der Waals surface area contributed by atoms with Crippen molar-refractivity contribution >= 4 is 33.7 Å². The molecule has 9 heteroatoms. The van der Waals surface area contributed by atoms with Gasteiger partial charge >= 0.3 is 0 Å². The second-order valence-electron chi connectivity index (χ2n) is 9.19. The molecule has 3 fully saturated rings. The zero-order chi connectivity index (χ0) is 23.8. The molecule has 4 rings (SSSR count). The number of fused-ring (bicyclic) bond motifs is 1. The number of ether oxygens (including phenoxy) is 1. The smallest absolute Gasteiger partial charge is 0.245 e. The minimum atomic E-state index is -1.10. The molecule has 7 atom stereocenters. The fraction of sp³-hybridized carbons (Fsp3) is 0.625. The lowest BCUT2D eigenvalue weighted by molar-refractivity contribution is -0.145. The first-order valence-electron chi connectivity index (χ1n) is 11.7. The van der Waals surface area contributed by atoms with E-state index < -0.39 is 35.6 Å². The molecule has 1 spiro atoms. The lowest BCUT2D eigenvalue weighted by Crippen LogP contribution is -2.58. The van der Waals surface area contributed by atoms with Crippen molar-refractivity contribution in [2.75, 3.05) is 20.2 Å². The number of rotatable bonds is 9. The summed E-state index contributed by atoms with van der Waals surface area (Å²) < 4.78 is 6.40. The predicted molar refractivity (Wildman–Crippen MR) is 126 cm³/mol. The van der Waals surface area contributed by atoms with Gasteiger partial charge in [0, 0.05) is 18.4 Å². The third-order valence-corrected chi connectivity index (χ3v) is 8.12. The van der Waals surface area contributed by atoms with Crippen molar-refractivity contribution in [3.63, 3.8) is 0 Å². The maximum Gasteiger partial charge on any atom is 0.245 e. The number of halogens is 1. The number of aliphatic hydroxyl groups excluding tert-OH is 1. The molecule has 3 amide bonds. The van der Waals surface area contributed by atoms with E-state index in [1.165, 1.54) is 4.90 Å². The number of amides is 3. The zero-order valence-corrected chi connectivity index (χ0v) is 20.6. The van der Waals surface area contributed by atoms with Gasteiger partial charge in [-0.25, -0.2) is 0 Å². The van der Waals surface area contributed by atoms with Gasteiger partial charge in [-0.3, -0.25) is 14.4 Å². The summed E-state index contributed by atoms with van der Waals surface area (Å²) in [6.07, 6.45) is 2.12. The molecule has 3 aliphatic heterocycles. The van der Waals surface area contributed by atoms with Crippen LogP contribution in [-0.2, 0) is 25.5 Å². The van der Waals surface area contributed by atoms with Crippen molar-refractivity contribution in [1.29, 1.82) is 0 Å². The van der Waals surface area contributed by atoms with E-state index in [1.807, 2.05) is 37.3 Å². The van der Waals surface area contributed by atoms with Crippen molar-refractivity contribution in [1.82, 2.24) is 15.5 Å². The van der Waals surface area contributed by atoms with Gasteiger partial charge < -0.3 is 25.4 Å². The standard InChI is InChI=1S/C24H32BrN3O5/c1-3-4-10-27-22(31)20-24-12-16(25)19(33-24)17(21(30)26-2)18(24)23(32)28(20)15(13-29)11-14-8-6-5-7-9-14/h5-9,15-20,29H,3-4,10-13H2,1-2H3,(H,26,30)(H,27,31)/t15-,16?,17-,18+,19-,20?,24?/m1/s1. The number of hydrogen-bond acceptors (Lipinski definition) is 5. The number of nitrogens with one attached hydrogen (secondary N) is 2. The van der Waals surface area contributed by atoms with Crippen LogP contribution in [-0.4, -0.2) is 76.5 Å². The third-order valence-electron chi connectivity index (χ3n) is 7.27. The van der Waals surface area contributed by atoms with E-state index >= 15 is 0 Å². The Morgan fingerprint density at radius 1 is 1.30 bits per heavy atom. The van der Waals surface area contributed by atoms with Crippen molar-refractivity contribution in [3.8, 4) is 0 Å². The van der Waals surface area contributed by atoms with Crippen molar-refractivity contribution in [2.45, 2.75) is 61.2 Å². The SMILES string of the molecule is CCCCNC(=O)C1N([C@@H](CO)Cc2ccccc2)C(=O)[C@@H]2[C@@H](C(=O)NC)[C@@H]3OC12CC3Br. The Labute approximate surface area is 202 Å². The van der Waals surface area contributed by atoms with E-state index in [1.54, 1.807) is 7.05 Å². The topological polar surface area (TPSA) is 108 Å². The number of unbranched alkanes of at least 4 members (excludes halogenated alkanes) is 1. The second-order valence-corrected chi connectivity index (χ2v) is 10.4. The highest BCUT2D eigenvalue weighted by atomic mass is 79.9. The van der Waals surface area contributed by atoms with E-state index in [0.717, 1.165) is 18.4 Å². The van der Waals surface area contributed by atoms with Crippen LogP contribution in [0.3, 0.4) is 0 Å². The highest BCUT2D eigenvalue weighted by molar-refractivity contribution is 9.09. The van der Waals surface area contributed by atoms with Crippen LogP contribution in [0.1, 0.15) is 31.7 Å². The fourth-order valence-electron chi connectivity index (χ4n) is 5.85. The van der Waals surface area contributed by atoms with Gasteiger partial charge in [-0.05, 0) is 24.8 Å². The maximum atomic E-state index is 13.9. The molecule has 0 radical (unpaired) electrons. The number of likely N-dealkylation sites (tertiary alicyclic amines) is 1. The van der Waals surface area contributed by atoms with E-state index in [2.05, 4.69) is 26.6 Å². The lowest BCUT2D eigenvalue weighted by atomic mass is 9.70. The third kappa shape index (κ3) is 3.98. The van der Waals surface area contributed by atoms with E-state index in [4.69, 9.17) is 4.74 Å². The van der Waals surface area contributed by atoms with Gasteiger partial charge in [0.1, 0.15) is 11.6 Å². The largest absolute Gasteiger partial charge is 0.394 e. The number of carbonyl (C=O) groups is 3. The number of carbonyl (C=O) groups excluding carboxylic acids is 3. The van der Waals surface area contributed by atoms with Gasteiger partial charge in [-0.15, -0.1) is 0 Å². The van der Waals surface area contributed by atoms with Crippen LogP contribution >= 0.6 is 15.9 Å². The molecule has 0 aromatic heterocycles. The monoisotopic (exact) mass is 521 g/mol. The van der Waals surface area contributed by atoms with Crippen LogP contribution in [0.25, 0.3) is 0 Å². The molecule has 0 aliphatic carbocycles. The van der Waals surface area contributed by atoms with Crippen LogP contribution in [0.15, 0.2) is 30.3 Å². The van der Waals surface area contributed by atoms with Gasteiger partial charge in [0.05, 0.1) is 30.6 Å². The second kappa shape index (κ2) is 9.72. The average Bonchev–Trinajstić information content (AvgIpc) is 3.41. The van der Waals surface area contributed by atoms with Gasteiger partial charge in [-0.1, -0.05) is 59.6 Å². The Bertz CT molecular complexity index is 899. The summed E-state index contributed by atoms with van der Waals surface area (Å²) in [5.41, 5.74) is -0.150. The van der Waals surface area contributed by atoms with Gasteiger partial charge in [-0.2, -0.15) is 0 Å². The van der Waals surface area contributed by atoms with Crippen LogP contribution in [0.5, 0.6) is 0 Å². The number of nitrogens with zero attached hydrogens (tertiary/aromatic N) is 1. The highest BCUT2D eigenvalue weighted by Crippen LogP contribution is 2.60. The normalized spacial score (nSPS) is 33.2. The molecule has 0 saturated carbocycles. The minimum Gasteiger partial charge on any atom is -0.394 e. The molecule has 3 saturated heterocycles. The lowest BCUT2D eigenvalue weighted by Gasteiger charge is -2.37.